The van der Waals surface area contributed by atoms with Gasteiger partial charge in [-0.15, -0.1) is 0 Å². The number of benzene rings is 2. The van der Waals surface area contributed by atoms with Crippen LogP contribution in [0.1, 0.15) is 0 Å². The molecule has 0 bridgehead atoms. The fourth-order valence-corrected chi connectivity index (χ4v) is 3.90. The lowest BCUT2D eigenvalue weighted by Gasteiger charge is -2.13. The second-order valence-electron chi connectivity index (χ2n) is 6.27. The number of hydrogen-bond acceptors (Lipinski definition) is 7. The highest BCUT2D eigenvalue weighted by molar-refractivity contribution is 7.99. The number of anilines is 1. The SMILES string of the molecule is COCCn1c(SCC(=O)Nc2ccc(Cl)c([N+](=O)[O-])c2)nc2cc(Cl)ccc2c1=O. The van der Waals surface area contributed by atoms with Crippen LogP contribution in [-0.4, -0.2) is 39.9 Å². The maximum Gasteiger partial charge on any atom is 0.289 e. The van der Waals surface area contributed by atoms with Crippen LogP contribution in [0.4, 0.5) is 11.4 Å². The van der Waals surface area contributed by atoms with Crippen molar-refractivity contribution in [1.82, 2.24) is 9.55 Å². The van der Waals surface area contributed by atoms with Crippen molar-refractivity contribution >= 4 is 63.1 Å². The van der Waals surface area contributed by atoms with Crippen molar-refractivity contribution in [3.05, 3.63) is 66.9 Å². The number of carbonyl (C=O) groups excluding carboxylic acids is 1. The molecule has 0 saturated heterocycles. The zero-order valence-corrected chi connectivity index (χ0v) is 18.5. The molecule has 0 radical (unpaired) electrons. The van der Waals surface area contributed by atoms with E-state index in [0.717, 1.165) is 11.8 Å². The predicted molar refractivity (Wildman–Crippen MR) is 120 cm³/mol. The first-order valence-corrected chi connectivity index (χ1v) is 10.6. The number of fused-ring (bicyclic) bond motifs is 1. The molecule has 1 amide bonds. The van der Waals surface area contributed by atoms with E-state index < -0.39 is 10.8 Å². The Kier molecular flexibility index (Phi) is 7.50. The van der Waals surface area contributed by atoms with Gasteiger partial charge in [-0.3, -0.25) is 24.3 Å². The molecule has 9 nitrogen and oxygen atoms in total. The first kappa shape index (κ1) is 23.0. The van der Waals surface area contributed by atoms with Gasteiger partial charge >= 0.3 is 0 Å². The lowest BCUT2D eigenvalue weighted by Crippen LogP contribution is -2.26. The summed E-state index contributed by atoms with van der Waals surface area (Å²) in [7, 11) is 1.52. The predicted octanol–water partition coefficient (Wildman–Crippen LogP) is 3.99. The minimum atomic E-state index is -0.634. The molecule has 0 saturated carbocycles. The van der Waals surface area contributed by atoms with Crippen molar-refractivity contribution in [1.29, 1.82) is 0 Å². The minimum absolute atomic E-state index is 0.0291. The molecular formula is C19H16Cl2N4O5S. The number of methoxy groups -OCH3 is 1. The lowest BCUT2D eigenvalue weighted by molar-refractivity contribution is -0.384. The number of nitrogens with zero attached hydrogens (tertiary/aromatic N) is 3. The van der Waals surface area contributed by atoms with Crippen molar-refractivity contribution in [2.45, 2.75) is 11.7 Å². The second-order valence-corrected chi connectivity index (χ2v) is 8.05. The Bertz CT molecular complexity index is 1220. The molecule has 3 rings (SSSR count). The van der Waals surface area contributed by atoms with Crippen LogP contribution < -0.4 is 10.9 Å². The van der Waals surface area contributed by atoms with Gasteiger partial charge < -0.3 is 10.1 Å². The molecule has 0 unspecified atom stereocenters. The summed E-state index contributed by atoms with van der Waals surface area (Å²) in [5, 5.41) is 14.7. The van der Waals surface area contributed by atoms with Gasteiger partial charge in [-0.25, -0.2) is 4.98 Å². The summed E-state index contributed by atoms with van der Waals surface area (Å²) >= 11 is 12.9. The van der Waals surface area contributed by atoms with Crippen LogP contribution in [0.15, 0.2) is 46.3 Å². The third-order valence-corrected chi connectivity index (χ3v) is 5.69. The van der Waals surface area contributed by atoms with Crippen molar-refractivity contribution < 1.29 is 14.5 Å². The second kappa shape index (κ2) is 10.1. The number of nitro groups is 1. The van der Waals surface area contributed by atoms with Crippen molar-refractivity contribution in [2.75, 3.05) is 24.8 Å². The lowest BCUT2D eigenvalue weighted by atomic mass is 10.2. The molecular weight excluding hydrogens is 467 g/mol. The number of halogens is 2. The number of hydrogen-bond donors (Lipinski definition) is 1. The molecule has 1 aromatic heterocycles. The van der Waals surface area contributed by atoms with Gasteiger partial charge in [0.25, 0.3) is 11.2 Å². The Balaban J connectivity index is 1.82. The van der Waals surface area contributed by atoms with E-state index >= 15 is 0 Å². The summed E-state index contributed by atoms with van der Waals surface area (Å²) in [6.45, 7) is 0.545. The molecule has 31 heavy (non-hydrogen) atoms. The molecule has 0 spiro atoms. The number of aromatic nitrogens is 2. The van der Waals surface area contributed by atoms with Crippen molar-refractivity contribution in [2.24, 2.45) is 0 Å². The van der Waals surface area contributed by atoms with Gasteiger partial charge in [-0.1, -0.05) is 35.0 Å². The van der Waals surface area contributed by atoms with E-state index in [1.165, 1.54) is 29.9 Å². The molecule has 162 valence electrons. The number of rotatable bonds is 8. The molecule has 0 aliphatic heterocycles. The van der Waals surface area contributed by atoms with Gasteiger partial charge in [0, 0.05) is 23.9 Å². The Morgan fingerprint density at radius 3 is 2.77 bits per heavy atom. The van der Waals surface area contributed by atoms with E-state index in [2.05, 4.69) is 10.3 Å². The number of thioether (sulfide) groups is 1. The molecule has 1 heterocycles. The first-order chi connectivity index (χ1) is 14.8. The number of nitro benzene ring substituents is 1. The Labute approximate surface area is 190 Å². The van der Waals surface area contributed by atoms with Gasteiger partial charge in [0.2, 0.25) is 5.91 Å². The number of amides is 1. The van der Waals surface area contributed by atoms with E-state index in [4.69, 9.17) is 27.9 Å². The van der Waals surface area contributed by atoms with Gasteiger partial charge in [-0.2, -0.15) is 0 Å². The van der Waals surface area contributed by atoms with Gasteiger partial charge in [0.05, 0.1) is 34.7 Å². The van der Waals surface area contributed by atoms with Gasteiger partial charge in [-0.05, 0) is 30.3 Å². The quantitative estimate of drug-likeness (QED) is 0.223. The molecule has 0 aliphatic carbocycles. The van der Waals surface area contributed by atoms with E-state index in [1.54, 1.807) is 18.2 Å². The average molecular weight is 483 g/mol. The number of nitrogens with one attached hydrogen (secondary N) is 1. The largest absolute Gasteiger partial charge is 0.383 e. The van der Waals surface area contributed by atoms with Crippen LogP contribution in [0.5, 0.6) is 0 Å². The van der Waals surface area contributed by atoms with E-state index in [1.807, 2.05) is 0 Å². The van der Waals surface area contributed by atoms with Crippen LogP contribution in [0.2, 0.25) is 10.0 Å². The van der Waals surface area contributed by atoms with Crippen LogP contribution in [0, 0.1) is 10.1 Å². The normalized spacial score (nSPS) is 10.9. The maximum atomic E-state index is 12.9. The fourth-order valence-electron chi connectivity index (χ4n) is 2.72. The zero-order valence-electron chi connectivity index (χ0n) is 16.1. The zero-order chi connectivity index (χ0) is 22.5. The average Bonchev–Trinajstić information content (AvgIpc) is 2.72. The molecule has 12 heteroatoms. The summed E-state index contributed by atoms with van der Waals surface area (Å²) in [5.41, 5.74) is 0.0719. The third kappa shape index (κ3) is 5.53. The number of carbonyl (C=O) groups is 1. The molecule has 0 fully saturated rings. The topological polar surface area (TPSA) is 116 Å². The van der Waals surface area contributed by atoms with E-state index in [0.29, 0.717) is 21.1 Å². The number of ether oxygens (including phenoxy) is 1. The first-order valence-electron chi connectivity index (χ1n) is 8.85. The highest BCUT2D eigenvalue weighted by Crippen LogP contribution is 2.27. The fraction of sp³-hybridized carbons (Fsp3) is 0.211. The van der Waals surface area contributed by atoms with Gasteiger partial charge in [0.1, 0.15) is 5.02 Å². The summed E-state index contributed by atoms with van der Waals surface area (Å²) in [4.78, 5) is 40.1. The van der Waals surface area contributed by atoms with Gasteiger partial charge in [0.15, 0.2) is 5.16 Å². The Morgan fingerprint density at radius 1 is 1.29 bits per heavy atom. The summed E-state index contributed by atoms with van der Waals surface area (Å²) < 4.78 is 6.50. The van der Waals surface area contributed by atoms with Crippen LogP contribution in [0.25, 0.3) is 10.9 Å². The van der Waals surface area contributed by atoms with Crippen LogP contribution in [0.3, 0.4) is 0 Å². The molecule has 0 atom stereocenters. The minimum Gasteiger partial charge on any atom is -0.383 e. The summed E-state index contributed by atoms with van der Waals surface area (Å²) in [5.74, 6) is -0.512. The van der Waals surface area contributed by atoms with Crippen molar-refractivity contribution in [3.8, 4) is 0 Å². The molecule has 0 aliphatic rings. The summed E-state index contributed by atoms with van der Waals surface area (Å²) in [6, 6.07) is 8.76. The van der Waals surface area contributed by atoms with Crippen LogP contribution >= 0.6 is 35.0 Å². The molecule has 2 aromatic carbocycles. The standard InChI is InChI=1S/C19H16Cl2N4O5S/c1-30-7-6-24-18(27)13-4-2-11(20)8-15(13)23-19(24)31-10-17(26)22-12-3-5-14(21)16(9-12)25(28)29/h2-5,8-9H,6-7,10H2,1H3,(H,22,26). The highest BCUT2D eigenvalue weighted by Gasteiger charge is 2.16. The highest BCUT2D eigenvalue weighted by atomic mass is 35.5. The summed E-state index contributed by atoms with van der Waals surface area (Å²) in [6.07, 6.45) is 0. The van der Waals surface area contributed by atoms with E-state index in [-0.39, 0.29) is 40.9 Å². The smallest absolute Gasteiger partial charge is 0.289 e. The monoisotopic (exact) mass is 482 g/mol. The Hall–Kier alpha value is -2.66. The molecule has 3 aromatic rings. The molecule has 1 N–H and O–H groups in total. The Morgan fingerprint density at radius 2 is 2.06 bits per heavy atom. The maximum absolute atomic E-state index is 12.9. The third-order valence-electron chi connectivity index (χ3n) is 4.16. The van der Waals surface area contributed by atoms with Crippen LogP contribution in [-0.2, 0) is 16.1 Å². The van der Waals surface area contributed by atoms with Crippen molar-refractivity contribution in [3.63, 3.8) is 0 Å². The van der Waals surface area contributed by atoms with E-state index in [9.17, 15) is 19.7 Å².